The van der Waals surface area contributed by atoms with Gasteiger partial charge in [0.15, 0.2) is 0 Å². The van der Waals surface area contributed by atoms with Crippen molar-refractivity contribution in [1.82, 2.24) is 0 Å². The summed E-state index contributed by atoms with van der Waals surface area (Å²) in [4.78, 5) is 0. The summed E-state index contributed by atoms with van der Waals surface area (Å²) in [6.45, 7) is 4.52. The van der Waals surface area contributed by atoms with Crippen LogP contribution in [0.3, 0.4) is 0 Å². The second kappa shape index (κ2) is 11.3. The van der Waals surface area contributed by atoms with Crippen LogP contribution >= 0.6 is 0 Å². The van der Waals surface area contributed by atoms with Gasteiger partial charge in [0.25, 0.3) is 0 Å². The van der Waals surface area contributed by atoms with Crippen LogP contribution in [-0.4, -0.2) is 0 Å². The van der Waals surface area contributed by atoms with Crippen molar-refractivity contribution >= 4 is 0 Å². The average Bonchev–Trinajstić information content (AvgIpc) is 2.54. The first kappa shape index (κ1) is 16.5. The first-order chi connectivity index (χ1) is 9.88. The van der Waals surface area contributed by atoms with Crippen LogP contribution in [0.4, 0.5) is 0 Å². The molecule has 0 atom stereocenters. The van der Waals surface area contributed by atoms with E-state index in [2.05, 4.69) is 38.1 Å². The van der Waals surface area contributed by atoms with Crippen LogP contribution in [0.5, 0.6) is 0 Å². The molecule has 108 valence electrons. The summed E-state index contributed by atoms with van der Waals surface area (Å²) in [5.41, 5.74) is 3.14. The Hall–Kier alpha value is -1.56. The molecule has 0 aliphatic heterocycles. The molecule has 0 saturated heterocycles. The number of hydrogen-bond acceptors (Lipinski definition) is 0. The van der Waals surface area contributed by atoms with Gasteiger partial charge in [-0.2, -0.15) is 0 Å². The topological polar surface area (TPSA) is 0 Å². The van der Waals surface area contributed by atoms with Crippen molar-refractivity contribution in [1.29, 1.82) is 0 Å². The van der Waals surface area contributed by atoms with Crippen molar-refractivity contribution < 1.29 is 0 Å². The van der Waals surface area contributed by atoms with Crippen molar-refractivity contribution in [3.8, 4) is 0 Å². The van der Waals surface area contributed by atoms with Crippen LogP contribution in [0.1, 0.15) is 50.7 Å². The molecule has 0 amide bonds. The fourth-order valence-electron chi connectivity index (χ4n) is 2.16. The molecule has 0 saturated carbocycles. The summed E-state index contributed by atoms with van der Waals surface area (Å²) in [6, 6.07) is 20.9. The van der Waals surface area contributed by atoms with Gasteiger partial charge in [-0.25, -0.2) is 0 Å². The second-order valence-electron chi connectivity index (χ2n) is 5.13. The molecule has 0 unspecified atom stereocenters. The van der Waals surface area contributed by atoms with Crippen LogP contribution < -0.4 is 0 Å². The zero-order valence-corrected chi connectivity index (χ0v) is 13.0. The lowest BCUT2D eigenvalue weighted by Gasteiger charge is -2.07. The highest BCUT2D eigenvalue weighted by molar-refractivity contribution is 5.27. The quantitative estimate of drug-likeness (QED) is 0.597. The number of rotatable bonds is 6. The van der Waals surface area contributed by atoms with E-state index in [1.807, 2.05) is 36.4 Å². The second-order valence-corrected chi connectivity index (χ2v) is 5.13. The molecule has 2 aromatic rings. The van der Waals surface area contributed by atoms with Crippen molar-refractivity contribution in [3.05, 3.63) is 71.8 Å². The maximum atomic E-state index is 2.29. The van der Waals surface area contributed by atoms with Crippen molar-refractivity contribution in [2.75, 3.05) is 0 Å². The van der Waals surface area contributed by atoms with Crippen molar-refractivity contribution in [2.45, 2.75) is 52.4 Å². The molecule has 0 bridgehead atoms. The van der Waals surface area contributed by atoms with Crippen molar-refractivity contribution in [2.24, 2.45) is 0 Å². The molecule has 2 aromatic carbocycles. The normalized spacial score (nSPS) is 9.70. The monoisotopic (exact) mass is 268 g/mol. The minimum absolute atomic E-state index is 1.26. The maximum absolute atomic E-state index is 2.29. The molecule has 0 fully saturated rings. The van der Waals surface area contributed by atoms with Gasteiger partial charge in [-0.15, -0.1) is 0 Å². The van der Waals surface area contributed by atoms with Crippen LogP contribution in [0.25, 0.3) is 0 Å². The zero-order chi connectivity index (χ0) is 14.5. The lowest BCUT2D eigenvalue weighted by atomic mass is 9.98. The molecule has 0 heterocycles. The van der Waals surface area contributed by atoms with E-state index in [1.165, 1.54) is 38.5 Å². The van der Waals surface area contributed by atoms with E-state index >= 15 is 0 Å². The van der Waals surface area contributed by atoms with Gasteiger partial charge >= 0.3 is 0 Å². The van der Waals surface area contributed by atoms with Gasteiger partial charge in [-0.3, -0.25) is 0 Å². The van der Waals surface area contributed by atoms with Crippen molar-refractivity contribution in [3.63, 3.8) is 0 Å². The lowest BCUT2D eigenvalue weighted by Crippen LogP contribution is -1.94. The Morgan fingerprint density at radius 2 is 0.900 bits per heavy atom. The largest absolute Gasteiger partial charge is 0.0654 e. The highest BCUT2D eigenvalue weighted by Crippen LogP contribution is 2.14. The van der Waals surface area contributed by atoms with E-state index < -0.39 is 0 Å². The lowest BCUT2D eigenvalue weighted by molar-refractivity contribution is 0.758. The highest BCUT2D eigenvalue weighted by Gasteiger charge is 1.99. The van der Waals surface area contributed by atoms with E-state index in [1.54, 1.807) is 11.1 Å². The van der Waals surface area contributed by atoms with Gasteiger partial charge in [-0.05, 0) is 36.8 Å². The summed E-state index contributed by atoms with van der Waals surface area (Å²) in [7, 11) is 0. The molecule has 0 radical (unpaired) electrons. The van der Waals surface area contributed by atoms with Gasteiger partial charge < -0.3 is 0 Å². The molecule has 0 nitrogen and oxygen atoms in total. The Morgan fingerprint density at radius 1 is 0.550 bits per heavy atom. The Balaban J connectivity index is 0.000000276. The molecule has 0 spiro atoms. The average molecular weight is 268 g/mol. The number of unbranched alkanes of at least 4 members (excludes halogenated alkanes) is 2. The molecule has 0 aromatic heterocycles. The smallest absolute Gasteiger partial charge is 0.0276 e. The molecule has 20 heavy (non-hydrogen) atoms. The number of aryl methyl sites for hydroxylation is 2. The van der Waals surface area contributed by atoms with Crippen LogP contribution in [0, 0.1) is 0 Å². The predicted molar refractivity (Wildman–Crippen MR) is 90.1 cm³/mol. The fourth-order valence-corrected chi connectivity index (χ4v) is 2.16. The van der Waals surface area contributed by atoms with Gasteiger partial charge in [0, 0.05) is 0 Å². The minimum atomic E-state index is 1.26. The van der Waals surface area contributed by atoms with Crippen LogP contribution in [-0.2, 0) is 12.8 Å². The third kappa shape index (κ3) is 7.13. The maximum Gasteiger partial charge on any atom is -0.0276 e. The van der Waals surface area contributed by atoms with Crippen LogP contribution in [0.15, 0.2) is 60.7 Å². The summed E-state index contributed by atoms with van der Waals surface area (Å²) in [6.07, 6.45) is 7.75. The number of hydrogen-bond donors (Lipinski definition) is 0. The van der Waals surface area contributed by atoms with E-state index in [9.17, 15) is 0 Å². The van der Waals surface area contributed by atoms with E-state index in [0.29, 0.717) is 0 Å². The first-order valence-corrected chi connectivity index (χ1v) is 7.95. The Morgan fingerprint density at radius 3 is 1.20 bits per heavy atom. The molecule has 0 heteroatoms. The SMILES string of the molecule is CCCCc1ccccc1CCCC.c1ccccc1. The Labute approximate surface area is 124 Å². The van der Waals surface area contributed by atoms with E-state index in [4.69, 9.17) is 0 Å². The van der Waals surface area contributed by atoms with Gasteiger partial charge in [0.1, 0.15) is 0 Å². The summed E-state index contributed by atoms with van der Waals surface area (Å²) >= 11 is 0. The zero-order valence-electron chi connectivity index (χ0n) is 13.0. The summed E-state index contributed by atoms with van der Waals surface area (Å²) < 4.78 is 0. The minimum Gasteiger partial charge on any atom is -0.0654 e. The van der Waals surface area contributed by atoms with E-state index in [-0.39, 0.29) is 0 Å². The molecule has 0 N–H and O–H groups in total. The summed E-state index contributed by atoms with van der Waals surface area (Å²) in [5.74, 6) is 0. The Bertz CT molecular complexity index is 377. The molecular weight excluding hydrogens is 240 g/mol. The molecular formula is C20H28. The van der Waals surface area contributed by atoms with E-state index in [0.717, 1.165) is 0 Å². The standard InChI is InChI=1S/C14H22.C6H6/c1-3-5-9-13-11-7-8-12-14(13)10-6-4-2;1-2-4-6-5-3-1/h7-8,11-12H,3-6,9-10H2,1-2H3;1-6H. The van der Waals surface area contributed by atoms with Gasteiger partial charge in [0.05, 0.1) is 0 Å². The Kier molecular flexibility index (Phi) is 9.30. The summed E-state index contributed by atoms with van der Waals surface area (Å²) in [5, 5.41) is 0. The van der Waals surface area contributed by atoms with Crippen LogP contribution in [0.2, 0.25) is 0 Å². The third-order valence-corrected chi connectivity index (χ3v) is 3.38. The fraction of sp³-hybridized carbons (Fsp3) is 0.400. The first-order valence-electron chi connectivity index (χ1n) is 7.95. The molecule has 2 rings (SSSR count). The van der Waals surface area contributed by atoms with Gasteiger partial charge in [0.2, 0.25) is 0 Å². The highest BCUT2D eigenvalue weighted by atomic mass is 14.1. The van der Waals surface area contributed by atoms with Gasteiger partial charge in [-0.1, -0.05) is 87.4 Å². The third-order valence-electron chi connectivity index (χ3n) is 3.38. The predicted octanol–water partition coefficient (Wildman–Crippen LogP) is 6.06. The molecule has 0 aliphatic carbocycles. The number of benzene rings is 2. The molecule has 0 aliphatic rings.